The Morgan fingerprint density at radius 3 is 2.83 bits per heavy atom. The molecule has 1 aliphatic carbocycles. The van der Waals surface area contributed by atoms with Crippen LogP contribution in [0.4, 0.5) is 4.39 Å². The minimum absolute atomic E-state index is 0.0732. The van der Waals surface area contributed by atoms with Gasteiger partial charge in [-0.3, -0.25) is 0 Å². The highest BCUT2D eigenvalue weighted by atomic mass is 32.2. The van der Waals surface area contributed by atoms with Crippen molar-refractivity contribution in [3.05, 3.63) is 24.0 Å². The Balaban J connectivity index is 1.67. The second-order valence-corrected chi connectivity index (χ2v) is 7.55. The van der Waals surface area contributed by atoms with Gasteiger partial charge in [0.25, 0.3) is 0 Å². The smallest absolute Gasteiger partial charge is 0.244 e. The number of nitrogens with one attached hydrogen (secondary N) is 1. The fourth-order valence-electron chi connectivity index (χ4n) is 3.03. The predicted molar refractivity (Wildman–Crippen MR) is 80.2 cm³/mol. The molecule has 1 atom stereocenters. The first kappa shape index (κ1) is 16.6. The fourth-order valence-corrected chi connectivity index (χ4v) is 4.28. The Hall–Kier alpha value is -1.22. The SMILES string of the molecule is COc1ccc(F)cc1S(=O)(=O)NC[C@H]1COC2(CCCC2)O1. The van der Waals surface area contributed by atoms with E-state index >= 15 is 0 Å². The number of hydrogen-bond donors (Lipinski definition) is 1. The molecule has 8 heteroatoms. The van der Waals surface area contributed by atoms with Gasteiger partial charge in [0.15, 0.2) is 5.79 Å². The normalized spacial score (nSPS) is 23.5. The lowest BCUT2D eigenvalue weighted by Crippen LogP contribution is -2.35. The molecule has 1 saturated heterocycles. The van der Waals surface area contributed by atoms with Gasteiger partial charge in [-0.1, -0.05) is 0 Å². The van der Waals surface area contributed by atoms with Crippen LogP contribution < -0.4 is 9.46 Å². The quantitative estimate of drug-likeness (QED) is 0.881. The molecule has 2 fully saturated rings. The zero-order chi connectivity index (χ0) is 16.5. The van der Waals surface area contributed by atoms with Crippen LogP contribution in [0.2, 0.25) is 0 Å². The van der Waals surface area contributed by atoms with Crippen LogP contribution in [0, 0.1) is 5.82 Å². The van der Waals surface area contributed by atoms with E-state index in [2.05, 4.69) is 4.72 Å². The van der Waals surface area contributed by atoms with Crippen molar-refractivity contribution in [3.63, 3.8) is 0 Å². The molecule has 1 aliphatic heterocycles. The molecule has 1 heterocycles. The summed E-state index contributed by atoms with van der Waals surface area (Å²) in [6.45, 7) is 0.423. The maximum atomic E-state index is 13.4. The van der Waals surface area contributed by atoms with Crippen molar-refractivity contribution in [3.8, 4) is 5.75 Å². The van der Waals surface area contributed by atoms with E-state index in [1.54, 1.807) is 0 Å². The lowest BCUT2D eigenvalue weighted by molar-refractivity contribution is -0.160. The van der Waals surface area contributed by atoms with Crippen LogP contribution >= 0.6 is 0 Å². The summed E-state index contributed by atoms with van der Waals surface area (Å²) in [6, 6.07) is 3.37. The molecular weight excluding hydrogens is 325 g/mol. The Labute approximate surface area is 135 Å². The molecule has 1 aromatic rings. The largest absolute Gasteiger partial charge is 0.495 e. The molecule has 1 aromatic carbocycles. The van der Waals surface area contributed by atoms with Crippen molar-refractivity contribution in [2.24, 2.45) is 0 Å². The first-order chi connectivity index (χ1) is 10.9. The summed E-state index contributed by atoms with van der Waals surface area (Å²) in [6.07, 6.45) is 3.45. The molecule has 0 radical (unpaired) electrons. The van der Waals surface area contributed by atoms with Gasteiger partial charge in [-0.05, 0) is 31.0 Å². The minimum atomic E-state index is -3.90. The van der Waals surface area contributed by atoms with Gasteiger partial charge < -0.3 is 14.2 Å². The van der Waals surface area contributed by atoms with Crippen LogP contribution in [0.3, 0.4) is 0 Å². The fraction of sp³-hybridized carbons (Fsp3) is 0.600. The van der Waals surface area contributed by atoms with Gasteiger partial charge in [0.05, 0.1) is 19.8 Å². The molecule has 0 amide bonds. The third-order valence-electron chi connectivity index (χ3n) is 4.20. The predicted octanol–water partition coefficient (Wildman–Crippen LogP) is 1.80. The van der Waals surface area contributed by atoms with Crippen LogP contribution in [-0.4, -0.2) is 40.6 Å². The van der Waals surface area contributed by atoms with Crippen molar-refractivity contribution < 1.29 is 27.0 Å². The van der Waals surface area contributed by atoms with E-state index in [0.29, 0.717) is 6.61 Å². The third kappa shape index (κ3) is 3.50. The maximum Gasteiger partial charge on any atom is 0.244 e. The number of rotatable bonds is 5. The van der Waals surface area contributed by atoms with Crippen molar-refractivity contribution >= 4 is 10.0 Å². The second kappa shape index (κ2) is 6.35. The van der Waals surface area contributed by atoms with Gasteiger partial charge in [-0.2, -0.15) is 0 Å². The molecule has 128 valence electrons. The van der Waals surface area contributed by atoms with Crippen molar-refractivity contribution in [2.75, 3.05) is 20.3 Å². The molecule has 1 N–H and O–H groups in total. The topological polar surface area (TPSA) is 73.9 Å². The van der Waals surface area contributed by atoms with E-state index in [4.69, 9.17) is 14.2 Å². The summed E-state index contributed by atoms with van der Waals surface area (Å²) < 4.78 is 57.1. The average Bonchev–Trinajstić information content (AvgIpc) is 3.16. The summed E-state index contributed by atoms with van der Waals surface area (Å²) in [5.41, 5.74) is 0. The first-order valence-electron chi connectivity index (χ1n) is 7.59. The van der Waals surface area contributed by atoms with Crippen molar-refractivity contribution in [2.45, 2.75) is 42.5 Å². The first-order valence-corrected chi connectivity index (χ1v) is 9.07. The van der Waals surface area contributed by atoms with Gasteiger partial charge >= 0.3 is 0 Å². The molecule has 0 bridgehead atoms. The van der Waals surface area contributed by atoms with Crippen LogP contribution in [0.25, 0.3) is 0 Å². The van der Waals surface area contributed by atoms with Crippen molar-refractivity contribution in [1.82, 2.24) is 4.72 Å². The zero-order valence-corrected chi connectivity index (χ0v) is 13.7. The summed E-state index contributed by atoms with van der Waals surface area (Å²) in [5.74, 6) is -1.08. The number of sulfonamides is 1. The third-order valence-corrected chi connectivity index (χ3v) is 5.64. The van der Waals surface area contributed by atoms with Crippen LogP contribution in [-0.2, 0) is 19.5 Å². The maximum absolute atomic E-state index is 13.4. The molecule has 23 heavy (non-hydrogen) atoms. The summed E-state index contributed by atoms with van der Waals surface area (Å²) in [4.78, 5) is -0.227. The second-order valence-electron chi connectivity index (χ2n) is 5.82. The highest BCUT2D eigenvalue weighted by Crippen LogP contribution is 2.39. The zero-order valence-electron chi connectivity index (χ0n) is 12.9. The Bertz CT molecular complexity index is 672. The van der Waals surface area contributed by atoms with E-state index in [1.807, 2.05) is 0 Å². The number of ether oxygens (including phenoxy) is 3. The van der Waals surface area contributed by atoms with E-state index < -0.39 is 21.6 Å². The highest BCUT2D eigenvalue weighted by Gasteiger charge is 2.43. The standard InChI is InChI=1S/C15H20FNO5S/c1-20-13-5-4-11(16)8-14(13)23(18,19)17-9-12-10-21-15(22-12)6-2-3-7-15/h4-5,8,12,17H,2-3,6-7,9-10H2,1H3/t12-/m0/s1. The van der Waals surface area contributed by atoms with Crippen LogP contribution in [0.15, 0.2) is 23.1 Å². The average molecular weight is 345 g/mol. The molecule has 1 saturated carbocycles. The molecule has 2 aliphatic rings. The van der Waals surface area contributed by atoms with Gasteiger partial charge in [-0.25, -0.2) is 17.5 Å². The van der Waals surface area contributed by atoms with Gasteiger partial charge in [0, 0.05) is 19.4 Å². The lowest BCUT2D eigenvalue weighted by Gasteiger charge is -2.22. The summed E-state index contributed by atoms with van der Waals surface area (Å²) in [5, 5.41) is 0. The molecule has 0 aromatic heterocycles. The summed E-state index contributed by atoms with van der Waals surface area (Å²) in [7, 11) is -2.56. The highest BCUT2D eigenvalue weighted by molar-refractivity contribution is 7.89. The molecule has 0 unspecified atom stereocenters. The van der Waals surface area contributed by atoms with Crippen molar-refractivity contribution in [1.29, 1.82) is 0 Å². The lowest BCUT2D eigenvalue weighted by atomic mass is 10.2. The molecule has 6 nitrogen and oxygen atoms in total. The van der Waals surface area contributed by atoms with Gasteiger partial charge in [0.2, 0.25) is 10.0 Å². The van der Waals surface area contributed by atoms with E-state index in [9.17, 15) is 12.8 Å². The number of methoxy groups -OCH3 is 1. The van der Waals surface area contributed by atoms with E-state index in [0.717, 1.165) is 37.8 Å². The number of hydrogen-bond acceptors (Lipinski definition) is 5. The minimum Gasteiger partial charge on any atom is -0.495 e. The van der Waals surface area contributed by atoms with Gasteiger partial charge in [0.1, 0.15) is 16.5 Å². The molecular formula is C15H20FNO5S. The van der Waals surface area contributed by atoms with Crippen LogP contribution in [0.1, 0.15) is 25.7 Å². The van der Waals surface area contributed by atoms with E-state index in [1.165, 1.54) is 13.2 Å². The Kier molecular flexibility index (Phi) is 4.59. The van der Waals surface area contributed by atoms with Crippen LogP contribution in [0.5, 0.6) is 5.75 Å². The van der Waals surface area contributed by atoms with E-state index in [-0.39, 0.29) is 23.3 Å². The molecule has 1 spiro atoms. The Morgan fingerprint density at radius 2 is 2.13 bits per heavy atom. The Morgan fingerprint density at radius 1 is 1.39 bits per heavy atom. The summed E-state index contributed by atoms with van der Waals surface area (Å²) >= 11 is 0. The monoisotopic (exact) mass is 345 g/mol. The number of benzene rings is 1. The molecule has 3 rings (SSSR count). The number of halogens is 1. The van der Waals surface area contributed by atoms with Gasteiger partial charge in [-0.15, -0.1) is 0 Å².